The Morgan fingerprint density at radius 2 is 2.19 bits per heavy atom. The number of nitrogens with zero attached hydrogens (tertiary/aromatic N) is 3. The third-order valence-corrected chi connectivity index (χ3v) is 5.56. The van der Waals surface area contributed by atoms with Crippen molar-refractivity contribution in [2.24, 2.45) is 7.05 Å². The third-order valence-electron chi connectivity index (χ3n) is 4.53. The number of rotatable bonds is 2. The van der Waals surface area contributed by atoms with Crippen molar-refractivity contribution in [1.82, 2.24) is 9.78 Å². The number of nitriles is 1. The van der Waals surface area contributed by atoms with E-state index in [1.165, 1.54) is 11.1 Å². The molecule has 2 aromatic rings. The molecule has 3 nitrogen and oxygen atoms in total. The van der Waals surface area contributed by atoms with Crippen molar-refractivity contribution in [3.8, 4) is 6.07 Å². The maximum absolute atomic E-state index is 9.94. The molecule has 0 bridgehead atoms. The summed E-state index contributed by atoms with van der Waals surface area (Å²) in [6, 6.07) is 11.0. The van der Waals surface area contributed by atoms with Crippen LogP contribution in [0.1, 0.15) is 35.4 Å². The molecule has 4 heteroatoms. The lowest BCUT2D eigenvalue weighted by Crippen LogP contribution is -2.32. The molecule has 1 aliphatic rings. The first-order chi connectivity index (χ1) is 10.1. The maximum atomic E-state index is 9.94. The predicted molar refractivity (Wildman–Crippen MR) is 86.0 cm³/mol. The van der Waals surface area contributed by atoms with Crippen LogP contribution in [0, 0.1) is 18.3 Å². The molecule has 21 heavy (non-hydrogen) atoms. The number of aromatic nitrogens is 2. The molecule has 0 spiro atoms. The first-order valence-electron chi connectivity index (χ1n) is 7.25. The Morgan fingerprint density at radius 3 is 2.86 bits per heavy atom. The molecule has 0 aliphatic heterocycles. The summed E-state index contributed by atoms with van der Waals surface area (Å²) in [5, 5.41) is 14.4. The summed E-state index contributed by atoms with van der Waals surface area (Å²) in [6.45, 7) is 1.99. The number of benzene rings is 1. The van der Waals surface area contributed by atoms with Gasteiger partial charge in [-0.1, -0.05) is 24.3 Å². The second-order valence-electron chi connectivity index (χ2n) is 5.85. The highest BCUT2D eigenvalue weighted by atomic mass is 79.9. The minimum absolute atomic E-state index is 0.433. The highest BCUT2D eigenvalue weighted by Gasteiger charge is 2.38. The molecule has 1 atom stereocenters. The van der Waals surface area contributed by atoms with Crippen molar-refractivity contribution in [2.45, 2.75) is 38.0 Å². The fourth-order valence-corrected chi connectivity index (χ4v) is 3.89. The van der Waals surface area contributed by atoms with Crippen molar-refractivity contribution >= 4 is 15.9 Å². The zero-order valence-electron chi connectivity index (χ0n) is 12.4. The van der Waals surface area contributed by atoms with Gasteiger partial charge in [-0.3, -0.25) is 4.68 Å². The van der Waals surface area contributed by atoms with Gasteiger partial charge in [-0.05, 0) is 53.2 Å². The fourth-order valence-electron chi connectivity index (χ4n) is 3.42. The number of hydrogen-bond acceptors (Lipinski definition) is 2. The average molecular weight is 344 g/mol. The summed E-state index contributed by atoms with van der Waals surface area (Å²) in [5.74, 6) is 0. The standard InChI is InChI=1S/C17H18BrN3/c1-12-16(18)15(21(2)20-12)10-17(11-19)9-5-7-13-6-3-4-8-14(13)17/h3-4,6,8H,5,7,9-10H2,1-2H3. The first-order valence-corrected chi connectivity index (χ1v) is 8.04. The molecule has 0 radical (unpaired) electrons. The van der Waals surface area contributed by atoms with E-state index >= 15 is 0 Å². The third kappa shape index (κ3) is 2.30. The van der Waals surface area contributed by atoms with E-state index in [-0.39, 0.29) is 0 Å². The summed E-state index contributed by atoms with van der Waals surface area (Å²) in [7, 11) is 1.95. The van der Waals surface area contributed by atoms with Gasteiger partial charge >= 0.3 is 0 Å². The lowest BCUT2D eigenvalue weighted by Gasteiger charge is -2.33. The summed E-state index contributed by atoms with van der Waals surface area (Å²) < 4.78 is 2.93. The van der Waals surface area contributed by atoms with Gasteiger partial charge < -0.3 is 0 Å². The van der Waals surface area contributed by atoms with E-state index in [1.54, 1.807) is 0 Å². The van der Waals surface area contributed by atoms with Crippen molar-refractivity contribution < 1.29 is 0 Å². The molecule has 0 saturated carbocycles. The molecular weight excluding hydrogens is 326 g/mol. The van der Waals surface area contributed by atoms with Crippen LogP contribution in [-0.4, -0.2) is 9.78 Å². The lowest BCUT2D eigenvalue weighted by molar-refractivity contribution is 0.437. The molecule has 3 rings (SSSR count). The van der Waals surface area contributed by atoms with Gasteiger partial charge in [0.1, 0.15) is 0 Å². The van der Waals surface area contributed by atoms with Gasteiger partial charge in [0.25, 0.3) is 0 Å². The predicted octanol–water partition coefficient (Wildman–Crippen LogP) is 3.83. The quantitative estimate of drug-likeness (QED) is 0.831. The van der Waals surface area contributed by atoms with Crippen LogP contribution >= 0.6 is 15.9 Å². The molecule has 0 fully saturated rings. The van der Waals surface area contributed by atoms with Gasteiger partial charge in [-0.15, -0.1) is 0 Å². The molecule has 1 unspecified atom stereocenters. The molecular formula is C17H18BrN3. The van der Waals surface area contributed by atoms with Crippen LogP contribution < -0.4 is 0 Å². The highest BCUT2D eigenvalue weighted by Crippen LogP contribution is 2.40. The van der Waals surface area contributed by atoms with Gasteiger partial charge in [0.2, 0.25) is 0 Å². The van der Waals surface area contributed by atoms with Gasteiger partial charge in [0.05, 0.1) is 27.3 Å². The molecule has 0 saturated heterocycles. The monoisotopic (exact) mass is 343 g/mol. The van der Waals surface area contributed by atoms with Gasteiger partial charge in [0.15, 0.2) is 0 Å². The number of halogens is 1. The maximum Gasteiger partial charge on any atom is 0.0880 e. The zero-order valence-corrected chi connectivity index (χ0v) is 13.9. The lowest BCUT2D eigenvalue weighted by atomic mass is 9.68. The molecule has 1 heterocycles. The normalized spacial score (nSPS) is 20.9. The van der Waals surface area contributed by atoms with Crippen LogP contribution in [0.3, 0.4) is 0 Å². The van der Waals surface area contributed by atoms with Crippen LogP contribution in [0.25, 0.3) is 0 Å². The summed E-state index contributed by atoms with van der Waals surface area (Å²) >= 11 is 3.63. The molecule has 0 amide bonds. The van der Waals surface area contributed by atoms with E-state index in [2.05, 4.69) is 45.3 Å². The van der Waals surface area contributed by atoms with Crippen molar-refractivity contribution in [1.29, 1.82) is 5.26 Å². The minimum Gasteiger partial charge on any atom is -0.271 e. The van der Waals surface area contributed by atoms with Crippen LogP contribution in [0.4, 0.5) is 0 Å². The molecule has 108 valence electrons. The van der Waals surface area contributed by atoms with E-state index in [0.717, 1.165) is 35.1 Å². The summed E-state index contributed by atoms with van der Waals surface area (Å²) in [4.78, 5) is 0. The van der Waals surface area contributed by atoms with E-state index in [1.807, 2.05) is 24.7 Å². The molecule has 1 aromatic heterocycles. The second-order valence-corrected chi connectivity index (χ2v) is 6.64. The Morgan fingerprint density at radius 1 is 1.43 bits per heavy atom. The average Bonchev–Trinajstić information content (AvgIpc) is 2.74. The number of hydrogen-bond donors (Lipinski definition) is 0. The summed E-state index contributed by atoms with van der Waals surface area (Å²) in [5.41, 5.74) is 4.16. The molecule has 0 N–H and O–H groups in total. The van der Waals surface area contributed by atoms with E-state index in [4.69, 9.17) is 0 Å². The Kier molecular flexibility index (Phi) is 3.62. The fraction of sp³-hybridized carbons (Fsp3) is 0.412. The Balaban J connectivity index is 2.09. The Hall–Kier alpha value is -1.60. The van der Waals surface area contributed by atoms with Crippen LogP contribution in [-0.2, 0) is 25.3 Å². The molecule has 1 aromatic carbocycles. The zero-order chi connectivity index (χ0) is 15.0. The van der Waals surface area contributed by atoms with Crippen molar-refractivity contribution in [3.05, 3.63) is 51.3 Å². The largest absolute Gasteiger partial charge is 0.271 e. The number of aryl methyl sites for hydroxylation is 3. The van der Waals surface area contributed by atoms with Gasteiger partial charge in [-0.25, -0.2) is 0 Å². The number of fused-ring (bicyclic) bond motifs is 1. The van der Waals surface area contributed by atoms with Gasteiger partial charge in [0, 0.05) is 13.5 Å². The van der Waals surface area contributed by atoms with Crippen molar-refractivity contribution in [2.75, 3.05) is 0 Å². The van der Waals surface area contributed by atoms with Crippen molar-refractivity contribution in [3.63, 3.8) is 0 Å². The van der Waals surface area contributed by atoms with Crippen LogP contribution in [0.15, 0.2) is 28.7 Å². The minimum atomic E-state index is -0.433. The van der Waals surface area contributed by atoms with E-state index in [9.17, 15) is 5.26 Å². The van der Waals surface area contributed by atoms with Crippen LogP contribution in [0.5, 0.6) is 0 Å². The highest BCUT2D eigenvalue weighted by molar-refractivity contribution is 9.10. The summed E-state index contributed by atoms with van der Waals surface area (Å²) in [6.07, 6.45) is 3.76. The first kappa shape index (κ1) is 14.3. The van der Waals surface area contributed by atoms with Crippen LogP contribution in [0.2, 0.25) is 0 Å². The SMILES string of the molecule is Cc1nn(C)c(CC2(C#N)CCCc3ccccc32)c1Br. The smallest absolute Gasteiger partial charge is 0.0880 e. The Bertz CT molecular complexity index is 726. The topological polar surface area (TPSA) is 41.6 Å². The van der Waals surface area contributed by atoms with E-state index < -0.39 is 5.41 Å². The Labute approximate surface area is 133 Å². The van der Waals surface area contributed by atoms with E-state index in [0.29, 0.717) is 6.42 Å². The molecule has 1 aliphatic carbocycles. The van der Waals surface area contributed by atoms with Gasteiger partial charge in [-0.2, -0.15) is 10.4 Å². The second kappa shape index (κ2) is 5.31.